The number of hydrogen-bond acceptors (Lipinski definition) is 4. The third-order valence-electron chi connectivity index (χ3n) is 4.74. The lowest BCUT2D eigenvalue weighted by atomic mass is 9.78. The SMILES string of the molecule is CCCCCCCCOC1=CC(O)(C(=O)O)C(C(=O)c2ccccc2)C=C1. The minimum absolute atomic E-state index is 0.283. The Morgan fingerprint density at radius 3 is 2.41 bits per heavy atom. The fraction of sp³-hybridized carbons (Fsp3) is 0.455. The first-order chi connectivity index (χ1) is 13.0. The van der Waals surface area contributed by atoms with Gasteiger partial charge in [-0.15, -0.1) is 0 Å². The Labute approximate surface area is 160 Å². The first kappa shape index (κ1) is 20.9. The van der Waals surface area contributed by atoms with Crippen LogP contribution in [-0.2, 0) is 9.53 Å². The van der Waals surface area contributed by atoms with Gasteiger partial charge in [-0.05, 0) is 12.5 Å². The molecule has 0 heterocycles. The molecule has 146 valence electrons. The van der Waals surface area contributed by atoms with Crippen LogP contribution in [0.1, 0.15) is 55.8 Å². The molecule has 1 aliphatic rings. The van der Waals surface area contributed by atoms with Crippen molar-refractivity contribution in [2.24, 2.45) is 5.92 Å². The van der Waals surface area contributed by atoms with E-state index in [1.165, 1.54) is 25.3 Å². The van der Waals surface area contributed by atoms with Gasteiger partial charge >= 0.3 is 5.97 Å². The lowest BCUT2D eigenvalue weighted by Gasteiger charge is -2.30. The molecule has 0 spiro atoms. The van der Waals surface area contributed by atoms with E-state index in [1.807, 2.05) is 0 Å². The summed E-state index contributed by atoms with van der Waals surface area (Å²) < 4.78 is 5.61. The highest BCUT2D eigenvalue weighted by Gasteiger charge is 2.47. The van der Waals surface area contributed by atoms with Gasteiger partial charge in [-0.25, -0.2) is 4.79 Å². The molecule has 0 amide bonds. The first-order valence-electron chi connectivity index (χ1n) is 9.58. The molecular formula is C22H28O5. The molecule has 2 rings (SSSR count). The van der Waals surface area contributed by atoms with Crippen molar-refractivity contribution >= 4 is 11.8 Å². The number of carboxylic acid groups (broad SMARTS) is 1. The second-order valence-electron chi connectivity index (χ2n) is 6.86. The Morgan fingerprint density at radius 2 is 1.74 bits per heavy atom. The predicted molar refractivity (Wildman–Crippen MR) is 103 cm³/mol. The number of benzene rings is 1. The largest absolute Gasteiger partial charge is 0.494 e. The fourth-order valence-corrected chi connectivity index (χ4v) is 3.12. The molecule has 0 radical (unpaired) electrons. The number of carbonyl (C=O) groups is 2. The lowest BCUT2D eigenvalue weighted by Crippen LogP contribution is -2.48. The van der Waals surface area contributed by atoms with Gasteiger partial charge in [-0.1, -0.05) is 75.4 Å². The summed E-state index contributed by atoms with van der Waals surface area (Å²) >= 11 is 0. The standard InChI is InChI=1S/C22H28O5/c1-2-3-4-5-6-10-15-27-18-13-14-19(22(26,16-18)21(24)25)20(23)17-11-8-7-9-12-17/h7-9,11-14,16,19,26H,2-6,10,15H2,1H3,(H,24,25). The lowest BCUT2D eigenvalue weighted by molar-refractivity contribution is -0.155. The molecule has 0 aromatic heterocycles. The Morgan fingerprint density at radius 1 is 1.07 bits per heavy atom. The molecule has 0 saturated carbocycles. The normalized spacial score (nSPS) is 21.6. The second kappa shape index (κ2) is 10.1. The van der Waals surface area contributed by atoms with Crippen LogP contribution in [0.15, 0.2) is 54.3 Å². The van der Waals surface area contributed by atoms with E-state index < -0.39 is 23.3 Å². The molecular weight excluding hydrogens is 344 g/mol. The van der Waals surface area contributed by atoms with Crippen LogP contribution in [-0.4, -0.2) is 34.2 Å². The molecule has 0 fully saturated rings. The third-order valence-corrected chi connectivity index (χ3v) is 4.74. The first-order valence-corrected chi connectivity index (χ1v) is 9.58. The van der Waals surface area contributed by atoms with Crippen LogP contribution in [0.3, 0.4) is 0 Å². The number of carboxylic acids is 1. The summed E-state index contributed by atoms with van der Waals surface area (Å²) in [6, 6.07) is 8.37. The van der Waals surface area contributed by atoms with Crippen molar-refractivity contribution in [2.75, 3.05) is 6.61 Å². The number of rotatable bonds is 11. The Hall–Kier alpha value is -2.40. The molecule has 0 saturated heterocycles. The summed E-state index contributed by atoms with van der Waals surface area (Å²) in [6.07, 6.45) is 10.8. The van der Waals surface area contributed by atoms with Crippen LogP contribution < -0.4 is 0 Å². The van der Waals surface area contributed by atoms with Crippen molar-refractivity contribution in [1.29, 1.82) is 0 Å². The van der Waals surface area contributed by atoms with Crippen LogP contribution >= 0.6 is 0 Å². The van der Waals surface area contributed by atoms with Gasteiger partial charge in [0.2, 0.25) is 0 Å². The van der Waals surface area contributed by atoms with E-state index in [2.05, 4.69) is 6.92 Å². The van der Waals surface area contributed by atoms with Crippen molar-refractivity contribution in [3.8, 4) is 0 Å². The van der Waals surface area contributed by atoms with Crippen LogP contribution in [0.25, 0.3) is 0 Å². The van der Waals surface area contributed by atoms with Crippen molar-refractivity contribution in [2.45, 2.75) is 51.0 Å². The zero-order chi connectivity index (χ0) is 19.7. The molecule has 5 heteroatoms. The molecule has 27 heavy (non-hydrogen) atoms. The summed E-state index contributed by atoms with van der Waals surface area (Å²) in [4.78, 5) is 24.4. The number of aliphatic hydroxyl groups is 1. The van der Waals surface area contributed by atoms with Gasteiger partial charge in [0.15, 0.2) is 11.4 Å². The summed E-state index contributed by atoms with van der Waals surface area (Å²) in [5.74, 6) is -2.82. The average Bonchev–Trinajstić information content (AvgIpc) is 2.67. The van der Waals surface area contributed by atoms with Gasteiger partial charge in [0.25, 0.3) is 0 Å². The molecule has 5 nitrogen and oxygen atoms in total. The van der Waals surface area contributed by atoms with Gasteiger partial charge in [-0.2, -0.15) is 0 Å². The molecule has 0 bridgehead atoms. The predicted octanol–water partition coefficient (Wildman–Crippen LogP) is 4.13. The average molecular weight is 372 g/mol. The molecule has 2 unspecified atom stereocenters. The van der Waals surface area contributed by atoms with Crippen molar-refractivity contribution < 1.29 is 24.5 Å². The number of allylic oxidation sites excluding steroid dienone is 1. The van der Waals surface area contributed by atoms with E-state index in [0.29, 0.717) is 12.2 Å². The number of ether oxygens (including phenoxy) is 1. The van der Waals surface area contributed by atoms with Crippen molar-refractivity contribution in [1.82, 2.24) is 0 Å². The zero-order valence-corrected chi connectivity index (χ0v) is 15.8. The van der Waals surface area contributed by atoms with Crippen molar-refractivity contribution in [3.05, 3.63) is 59.9 Å². The molecule has 2 N–H and O–H groups in total. The van der Waals surface area contributed by atoms with Gasteiger partial charge < -0.3 is 14.9 Å². The van der Waals surface area contributed by atoms with E-state index in [4.69, 9.17) is 4.74 Å². The topological polar surface area (TPSA) is 83.8 Å². The van der Waals surface area contributed by atoms with E-state index in [9.17, 15) is 19.8 Å². The van der Waals surface area contributed by atoms with Gasteiger partial charge in [0.05, 0.1) is 12.5 Å². The Bertz CT molecular complexity index is 692. The summed E-state index contributed by atoms with van der Waals surface area (Å²) in [7, 11) is 0. The molecule has 1 aliphatic carbocycles. The number of ketones is 1. The zero-order valence-electron chi connectivity index (χ0n) is 15.8. The van der Waals surface area contributed by atoms with Gasteiger partial charge in [0.1, 0.15) is 5.76 Å². The highest BCUT2D eigenvalue weighted by molar-refractivity contribution is 6.03. The van der Waals surface area contributed by atoms with Crippen LogP contribution in [0.5, 0.6) is 0 Å². The number of Topliss-reactive ketones (excluding diaryl/α,β-unsaturated/α-hetero) is 1. The van der Waals surface area contributed by atoms with Crippen molar-refractivity contribution in [3.63, 3.8) is 0 Å². The highest BCUT2D eigenvalue weighted by atomic mass is 16.5. The number of carbonyl (C=O) groups excluding carboxylic acids is 1. The Kier molecular flexibility index (Phi) is 7.80. The smallest absolute Gasteiger partial charge is 0.341 e. The number of hydrogen-bond donors (Lipinski definition) is 2. The highest BCUT2D eigenvalue weighted by Crippen LogP contribution is 2.31. The second-order valence-corrected chi connectivity index (χ2v) is 6.86. The maximum atomic E-state index is 12.7. The maximum absolute atomic E-state index is 12.7. The quantitative estimate of drug-likeness (QED) is 0.451. The van der Waals surface area contributed by atoms with E-state index >= 15 is 0 Å². The number of aliphatic carboxylic acids is 1. The molecule has 1 aromatic carbocycles. The molecule has 0 aliphatic heterocycles. The maximum Gasteiger partial charge on any atom is 0.341 e. The third kappa shape index (κ3) is 5.54. The van der Waals surface area contributed by atoms with Crippen LogP contribution in [0, 0.1) is 5.92 Å². The minimum Gasteiger partial charge on any atom is -0.494 e. The summed E-state index contributed by atoms with van der Waals surface area (Å²) in [6.45, 7) is 2.62. The minimum atomic E-state index is -2.32. The van der Waals surface area contributed by atoms with Crippen LogP contribution in [0.2, 0.25) is 0 Å². The van der Waals surface area contributed by atoms with Crippen LogP contribution in [0.4, 0.5) is 0 Å². The molecule has 1 aromatic rings. The van der Waals surface area contributed by atoms with Gasteiger partial charge in [0, 0.05) is 11.6 Å². The number of unbranched alkanes of at least 4 members (excludes halogenated alkanes) is 5. The van der Waals surface area contributed by atoms with E-state index in [1.54, 1.807) is 36.4 Å². The summed E-state index contributed by atoms with van der Waals surface area (Å²) in [5, 5.41) is 20.2. The van der Waals surface area contributed by atoms with E-state index in [-0.39, 0.29) is 5.76 Å². The van der Waals surface area contributed by atoms with E-state index in [0.717, 1.165) is 25.3 Å². The molecule has 2 atom stereocenters. The summed E-state index contributed by atoms with van der Waals surface area (Å²) in [5.41, 5.74) is -1.96. The fourth-order valence-electron chi connectivity index (χ4n) is 3.12. The monoisotopic (exact) mass is 372 g/mol. The van der Waals surface area contributed by atoms with Gasteiger partial charge in [-0.3, -0.25) is 4.79 Å². The Balaban J connectivity index is 1.99.